The lowest BCUT2D eigenvalue weighted by atomic mass is 10.0. The van der Waals surface area contributed by atoms with Crippen molar-refractivity contribution in [3.05, 3.63) is 74.8 Å². The number of allylic oxidation sites excluding steroid dienone is 4. The van der Waals surface area contributed by atoms with Gasteiger partial charge in [-0.15, -0.1) is 0 Å². The average molecular weight is 766 g/mol. The van der Waals surface area contributed by atoms with Crippen LogP contribution >= 0.6 is 0 Å². The first-order valence-corrected chi connectivity index (χ1v) is 20.2. The topological polar surface area (TPSA) is 123 Å². The molecular weight excluding hydrogens is 687 g/mol. The lowest BCUT2D eigenvalue weighted by molar-refractivity contribution is -0.126. The van der Waals surface area contributed by atoms with E-state index in [4.69, 9.17) is 0 Å². The maximum absolute atomic E-state index is 10.9. The van der Waals surface area contributed by atoms with Crippen LogP contribution in [0.1, 0.15) is 129 Å². The molecule has 0 radical (unpaired) electrons. The van der Waals surface area contributed by atoms with Gasteiger partial charge in [0.15, 0.2) is 33.0 Å². The Labute approximate surface area is 327 Å². The van der Waals surface area contributed by atoms with E-state index in [-0.39, 0.29) is 46.8 Å². The molecule has 0 aromatic rings. The van der Waals surface area contributed by atoms with Crippen molar-refractivity contribution in [2.75, 3.05) is 12.8 Å². The molecule has 0 aromatic heterocycles. The lowest BCUT2D eigenvalue weighted by Crippen LogP contribution is -2.31. The van der Waals surface area contributed by atoms with Crippen LogP contribution < -0.4 is 0 Å². The molecule has 308 valence electrons. The van der Waals surface area contributed by atoms with E-state index in [1.807, 2.05) is 55.4 Å². The van der Waals surface area contributed by atoms with Crippen molar-refractivity contribution in [3.8, 4) is 0 Å². The highest BCUT2D eigenvalue weighted by atomic mass is 32.2. The third-order valence-electron chi connectivity index (χ3n) is 6.41. The summed E-state index contributed by atoms with van der Waals surface area (Å²) in [6, 6.07) is 0.260. The van der Waals surface area contributed by atoms with Crippen molar-refractivity contribution in [1.82, 2.24) is 4.90 Å². The third kappa shape index (κ3) is 58.1. The van der Waals surface area contributed by atoms with Crippen LogP contribution in [0.3, 0.4) is 0 Å². The smallest absolute Gasteiger partial charge is 0.245 e. The first-order chi connectivity index (χ1) is 24.1. The maximum Gasteiger partial charge on any atom is 0.245 e. The molecule has 1 amide bonds. The second-order valence-electron chi connectivity index (χ2n) is 14.9. The molecule has 0 aromatic carbocycles. The predicted octanol–water partition coefficient (Wildman–Crippen LogP) is 10.6. The number of hydrogen-bond donors (Lipinski definition) is 0. The Morgan fingerprint density at radius 2 is 0.925 bits per heavy atom. The molecule has 0 aliphatic heterocycles. The lowest BCUT2D eigenvalue weighted by Gasteiger charge is -2.18. The number of hydrogen-bond acceptors (Lipinski definition) is 7. The van der Waals surface area contributed by atoms with E-state index in [2.05, 4.69) is 67.2 Å². The molecule has 8 nitrogen and oxygen atoms in total. The van der Waals surface area contributed by atoms with Crippen LogP contribution in [-0.2, 0) is 33.8 Å². The van der Waals surface area contributed by atoms with E-state index >= 15 is 0 Å². The summed E-state index contributed by atoms with van der Waals surface area (Å²) >= 11 is 0. The van der Waals surface area contributed by atoms with Crippen molar-refractivity contribution >= 4 is 38.9 Å². The standard InChI is InChI=1S/3C8H14O.C7H13NO.C7H12O.C6H12O2S/c1-6(2)5-8(9)7(3)4;2*1-4-8(9)6-5-7(2)3;1-5-7(9)8(4)6(2)3;1-4-7(8)5-6(2)3;1-4-9(7,8)5-6(2)3/h6H,3,5H2,1-2,4H3;2*4,7H,1,5-6H2,2-3H3;5-6H,1H2,2-4H3;4,6H,1,5H2,2-3H3;4,6H,1,5H2,2-3H3. The summed E-state index contributed by atoms with van der Waals surface area (Å²) < 4.78 is 21.4. The molecule has 0 heterocycles. The number of nitrogens with zero attached hydrogens (tertiary/aromatic N) is 1. The monoisotopic (exact) mass is 766 g/mol. The van der Waals surface area contributed by atoms with Gasteiger partial charge in [-0.3, -0.25) is 24.0 Å². The SMILES string of the molecule is C=C(C)C(=O)CC(C)C.C=CC(=O)CC(C)C.C=CC(=O)CCC(C)C.C=CC(=O)CCC(C)C.C=CC(=O)N(C)C(C)C.C=CS(=O)(=O)CC(C)C. The first kappa shape index (κ1) is 61.6. The molecule has 9 heteroatoms. The number of sulfone groups is 1. The van der Waals surface area contributed by atoms with Gasteiger partial charge in [0.05, 0.1) is 5.75 Å². The minimum atomic E-state index is -2.95. The largest absolute Gasteiger partial charge is 0.340 e. The Hall–Kier alpha value is -3.46. The number of rotatable bonds is 19. The average Bonchev–Trinajstić information content (AvgIpc) is 3.05. The summed E-state index contributed by atoms with van der Waals surface area (Å²) in [5, 5.41) is 1.01. The van der Waals surface area contributed by atoms with Gasteiger partial charge in [-0.2, -0.15) is 0 Å². The fourth-order valence-corrected chi connectivity index (χ4v) is 4.09. The van der Waals surface area contributed by atoms with Gasteiger partial charge in [0.1, 0.15) is 0 Å². The van der Waals surface area contributed by atoms with Crippen molar-refractivity contribution < 1.29 is 32.4 Å². The van der Waals surface area contributed by atoms with Gasteiger partial charge in [-0.05, 0) is 93.1 Å². The molecule has 0 bridgehead atoms. The van der Waals surface area contributed by atoms with Crippen molar-refractivity contribution in [2.45, 2.75) is 135 Å². The zero-order valence-corrected chi connectivity index (χ0v) is 37.1. The Kier molecular flexibility index (Phi) is 44.5. The molecule has 0 spiro atoms. The van der Waals surface area contributed by atoms with Crippen LogP contribution in [0, 0.1) is 29.6 Å². The minimum absolute atomic E-state index is 0.0231. The number of ketones is 4. The summed E-state index contributed by atoms with van der Waals surface area (Å²) in [6.07, 6.45) is 10.0. The van der Waals surface area contributed by atoms with Crippen LogP contribution in [0.5, 0.6) is 0 Å². The van der Waals surface area contributed by atoms with E-state index in [0.717, 1.165) is 18.2 Å². The van der Waals surface area contributed by atoms with Crippen molar-refractivity contribution in [1.29, 1.82) is 0 Å². The highest BCUT2D eigenvalue weighted by molar-refractivity contribution is 7.94. The van der Waals surface area contributed by atoms with Crippen LogP contribution in [0.25, 0.3) is 0 Å². The van der Waals surface area contributed by atoms with E-state index in [1.54, 1.807) is 18.9 Å². The molecule has 0 atom stereocenters. The van der Waals surface area contributed by atoms with Gasteiger partial charge in [-0.25, -0.2) is 8.42 Å². The zero-order chi connectivity index (χ0) is 43.5. The molecule has 0 unspecified atom stereocenters. The molecule has 53 heavy (non-hydrogen) atoms. The summed E-state index contributed by atoms with van der Waals surface area (Å²) in [4.78, 5) is 54.9. The van der Waals surface area contributed by atoms with Gasteiger partial charge < -0.3 is 4.90 Å². The number of carbonyl (C=O) groups excluding carboxylic acids is 5. The number of carbonyl (C=O) groups is 5. The van der Waals surface area contributed by atoms with E-state index in [1.165, 1.54) is 24.3 Å². The van der Waals surface area contributed by atoms with Crippen molar-refractivity contribution in [2.24, 2.45) is 29.6 Å². The molecule has 0 rings (SSSR count). The first-order valence-electron chi connectivity index (χ1n) is 18.5. The normalized spacial score (nSPS) is 9.96. The van der Waals surface area contributed by atoms with Gasteiger partial charge in [-0.1, -0.05) is 109 Å². The number of likely N-dealkylation sites (N-methyl/N-ethyl adjacent to an activating group) is 1. The molecular formula is C44H79NO7S. The fraction of sp³-hybridized carbons (Fsp3) is 0.614. The second-order valence-corrected chi connectivity index (χ2v) is 16.9. The number of amides is 1. The van der Waals surface area contributed by atoms with Crippen LogP contribution in [0.4, 0.5) is 0 Å². The predicted molar refractivity (Wildman–Crippen MR) is 229 cm³/mol. The summed E-state index contributed by atoms with van der Waals surface area (Å²) in [6.45, 7) is 46.2. The second kappa shape index (κ2) is 38.3. The maximum atomic E-state index is 10.9. The molecule has 0 aliphatic carbocycles. The van der Waals surface area contributed by atoms with Gasteiger partial charge in [0.25, 0.3) is 0 Å². The Morgan fingerprint density at radius 3 is 1.06 bits per heavy atom. The molecule has 0 saturated heterocycles. The fourth-order valence-electron chi connectivity index (χ4n) is 3.03. The van der Waals surface area contributed by atoms with E-state index in [0.29, 0.717) is 54.9 Å². The highest BCUT2D eigenvalue weighted by Gasteiger charge is 2.07. The Balaban J connectivity index is -0.000000125. The van der Waals surface area contributed by atoms with Crippen LogP contribution in [-0.4, -0.2) is 61.2 Å². The molecule has 0 aliphatic rings. The van der Waals surface area contributed by atoms with Crippen LogP contribution in [0.15, 0.2) is 74.8 Å². The number of Topliss-reactive ketones (excluding diaryl/α,β-unsaturated/α-hetero) is 1. The zero-order valence-electron chi connectivity index (χ0n) is 36.3. The van der Waals surface area contributed by atoms with E-state index in [9.17, 15) is 32.4 Å². The van der Waals surface area contributed by atoms with Gasteiger partial charge in [0, 0.05) is 44.2 Å². The van der Waals surface area contributed by atoms with E-state index < -0.39 is 9.84 Å². The summed E-state index contributed by atoms with van der Waals surface area (Å²) in [5.41, 5.74) is 0.670. The Bertz CT molecular complexity index is 1170. The van der Waals surface area contributed by atoms with Gasteiger partial charge in [0.2, 0.25) is 5.91 Å². The molecule has 0 fully saturated rings. The Morgan fingerprint density at radius 1 is 0.566 bits per heavy atom. The highest BCUT2D eigenvalue weighted by Crippen LogP contribution is 2.05. The third-order valence-corrected chi connectivity index (χ3v) is 8.05. The quantitative estimate of drug-likeness (QED) is 0.120. The summed E-state index contributed by atoms with van der Waals surface area (Å²) in [5.74, 6) is 3.16. The van der Waals surface area contributed by atoms with Gasteiger partial charge >= 0.3 is 0 Å². The van der Waals surface area contributed by atoms with Crippen LogP contribution in [0.2, 0.25) is 0 Å². The van der Waals surface area contributed by atoms with Crippen molar-refractivity contribution in [3.63, 3.8) is 0 Å². The minimum Gasteiger partial charge on any atom is -0.340 e. The summed E-state index contributed by atoms with van der Waals surface area (Å²) in [7, 11) is -1.20. The molecule has 0 saturated carbocycles. The molecule has 0 N–H and O–H groups in total.